The molecular weight excluding hydrogens is 246 g/mol. The van der Waals surface area contributed by atoms with Crippen molar-refractivity contribution in [1.29, 1.82) is 0 Å². The minimum Gasteiger partial charge on any atom is -0.267 e. The second kappa shape index (κ2) is 5.40. The lowest BCUT2D eigenvalue weighted by Crippen LogP contribution is -2.41. The molecule has 1 aromatic carbocycles. The van der Waals surface area contributed by atoms with E-state index in [1.165, 1.54) is 17.7 Å². The van der Waals surface area contributed by atoms with Crippen molar-refractivity contribution in [2.45, 2.75) is 72.4 Å². The van der Waals surface area contributed by atoms with E-state index in [0.29, 0.717) is 6.04 Å². The Morgan fingerprint density at radius 3 is 2.15 bits per heavy atom. The van der Waals surface area contributed by atoms with Crippen LogP contribution in [0, 0.1) is 5.41 Å². The molecule has 2 rings (SSSR count). The van der Waals surface area contributed by atoms with Crippen molar-refractivity contribution in [1.82, 2.24) is 0 Å². The van der Waals surface area contributed by atoms with Crippen LogP contribution in [0.4, 0.5) is 5.69 Å². The monoisotopic (exact) mass is 275 g/mol. The third kappa shape index (κ3) is 2.46. The lowest BCUT2D eigenvalue weighted by molar-refractivity contribution is -0.0303. The molecule has 0 amide bonds. The summed E-state index contributed by atoms with van der Waals surface area (Å²) in [5.41, 5.74) is 2.57. The van der Waals surface area contributed by atoms with Gasteiger partial charge in [-0.1, -0.05) is 46.2 Å². The van der Waals surface area contributed by atoms with Crippen LogP contribution in [0.1, 0.15) is 59.9 Å². The van der Waals surface area contributed by atoms with E-state index in [4.69, 9.17) is 4.84 Å². The summed E-state index contributed by atoms with van der Waals surface area (Å²) in [4.78, 5) is 6.29. The number of aryl methyl sites for hydroxylation is 1. The molecule has 0 aliphatic carbocycles. The smallest absolute Gasteiger partial charge is 0.0978 e. The molecule has 2 nitrogen and oxygen atoms in total. The van der Waals surface area contributed by atoms with Gasteiger partial charge in [0, 0.05) is 5.41 Å². The highest BCUT2D eigenvalue weighted by atomic mass is 16.7. The van der Waals surface area contributed by atoms with Gasteiger partial charge in [-0.15, -0.1) is 0 Å². The lowest BCUT2D eigenvalue weighted by Gasteiger charge is -2.34. The van der Waals surface area contributed by atoms with Gasteiger partial charge >= 0.3 is 0 Å². The molecule has 2 heteroatoms. The Hall–Kier alpha value is -1.02. The van der Waals surface area contributed by atoms with E-state index in [9.17, 15) is 0 Å². The molecule has 112 valence electrons. The van der Waals surface area contributed by atoms with Crippen molar-refractivity contribution in [3.63, 3.8) is 0 Å². The highest BCUT2D eigenvalue weighted by Crippen LogP contribution is 2.49. The zero-order valence-electron chi connectivity index (χ0n) is 13.9. The number of rotatable bonds is 4. The van der Waals surface area contributed by atoms with Gasteiger partial charge in [0.1, 0.15) is 0 Å². The molecule has 0 radical (unpaired) electrons. The minimum absolute atomic E-state index is 0.129. The van der Waals surface area contributed by atoms with E-state index in [1.54, 1.807) is 0 Å². The normalized spacial score (nSPS) is 24.1. The number of benzene rings is 1. The fraction of sp³-hybridized carbons (Fsp3) is 0.667. The molecule has 1 heterocycles. The van der Waals surface area contributed by atoms with Gasteiger partial charge in [-0.05, 0) is 44.4 Å². The second-order valence-corrected chi connectivity index (χ2v) is 6.99. The minimum atomic E-state index is -0.143. The van der Waals surface area contributed by atoms with E-state index >= 15 is 0 Å². The summed E-state index contributed by atoms with van der Waals surface area (Å²) in [5, 5.41) is 2.13. The first-order valence-electron chi connectivity index (χ1n) is 7.90. The molecular formula is C18H29NO. The van der Waals surface area contributed by atoms with Crippen molar-refractivity contribution in [3.8, 4) is 0 Å². The summed E-state index contributed by atoms with van der Waals surface area (Å²) in [6.07, 6.45) is 3.43. The standard InChI is InChI=1S/C18H29NO/c1-7-9-14-10-12-15(13-11-14)19-16(8-2)17(3,4)18(5,6)20-19/h10-13,16H,7-9H2,1-6H3. The van der Waals surface area contributed by atoms with Gasteiger partial charge in [-0.3, -0.25) is 4.84 Å². The molecule has 0 aromatic heterocycles. The second-order valence-electron chi connectivity index (χ2n) is 6.99. The topological polar surface area (TPSA) is 12.5 Å². The molecule has 1 aromatic rings. The summed E-state index contributed by atoms with van der Waals surface area (Å²) < 4.78 is 0. The first-order valence-corrected chi connectivity index (χ1v) is 7.90. The highest BCUT2D eigenvalue weighted by molar-refractivity contribution is 5.48. The molecule has 0 N–H and O–H groups in total. The summed E-state index contributed by atoms with van der Waals surface area (Å²) in [6.45, 7) is 13.5. The van der Waals surface area contributed by atoms with E-state index in [0.717, 1.165) is 12.8 Å². The highest BCUT2D eigenvalue weighted by Gasteiger charge is 2.54. The Morgan fingerprint density at radius 2 is 1.65 bits per heavy atom. The van der Waals surface area contributed by atoms with Gasteiger partial charge in [-0.25, -0.2) is 5.06 Å². The Balaban J connectivity index is 2.28. The Bertz CT molecular complexity index is 447. The molecule has 0 bridgehead atoms. The van der Waals surface area contributed by atoms with Crippen LogP contribution in [0.25, 0.3) is 0 Å². The van der Waals surface area contributed by atoms with Gasteiger partial charge < -0.3 is 0 Å². The Morgan fingerprint density at radius 1 is 1.05 bits per heavy atom. The van der Waals surface area contributed by atoms with Crippen molar-refractivity contribution in [3.05, 3.63) is 29.8 Å². The van der Waals surface area contributed by atoms with Crippen LogP contribution in [-0.4, -0.2) is 11.6 Å². The maximum Gasteiger partial charge on any atom is 0.0978 e. The molecule has 1 aliphatic rings. The van der Waals surface area contributed by atoms with Gasteiger partial charge in [-0.2, -0.15) is 0 Å². The van der Waals surface area contributed by atoms with Crippen molar-refractivity contribution < 1.29 is 4.84 Å². The molecule has 1 aliphatic heterocycles. The van der Waals surface area contributed by atoms with E-state index < -0.39 is 0 Å². The first-order chi connectivity index (χ1) is 9.33. The maximum atomic E-state index is 6.29. The molecule has 1 fully saturated rings. The SMILES string of the molecule is CCCc1ccc(N2OC(C)(C)C(C)(C)C2CC)cc1. The third-order valence-electron chi connectivity index (χ3n) is 5.11. The van der Waals surface area contributed by atoms with Crippen molar-refractivity contribution in [2.75, 3.05) is 5.06 Å². The van der Waals surface area contributed by atoms with Crippen LogP contribution in [-0.2, 0) is 11.3 Å². The number of anilines is 1. The molecule has 0 spiro atoms. The number of nitrogens with zero attached hydrogens (tertiary/aromatic N) is 1. The van der Waals surface area contributed by atoms with Crippen LogP contribution in [0.15, 0.2) is 24.3 Å². The maximum absolute atomic E-state index is 6.29. The van der Waals surface area contributed by atoms with Gasteiger partial charge in [0.2, 0.25) is 0 Å². The van der Waals surface area contributed by atoms with E-state index in [2.05, 4.69) is 70.9 Å². The molecule has 1 atom stereocenters. The zero-order chi connectivity index (χ0) is 15.0. The van der Waals surface area contributed by atoms with Crippen molar-refractivity contribution in [2.24, 2.45) is 5.41 Å². The van der Waals surface area contributed by atoms with E-state index in [-0.39, 0.29) is 11.0 Å². The molecule has 1 unspecified atom stereocenters. The van der Waals surface area contributed by atoms with Crippen LogP contribution in [0.2, 0.25) is 0 Å². The van der Waals surface area contributed by atoms with Crippen LogP contribution >= 0.6 is 0 Å². The van der Waals surface area contributed by atoms with Gasteiger partial charge in [0.05, 0.1) is 17.3 Å². The summed E-state index contributed by atoms with van der Waals surface area (Å²) in [7, 11) is 0. The average Bonchev–Trinajstić information content (AvgIpc) is 2.57. The van der Waals surface area contributed by atoms with Crippen LogP contribution < -0.4 is 5.06 Å². The van der Waals surface area contributed by atoms with Crippen LogP contribution in [0.3, 0.4) is 0 Å². The third-order valence-corrected chi connectivity index (χ3v) is 5.11. The van der Waals surface area contributed by atoms with Crippen LogP contribution in [0.5, 0.6) is 0 Å². The van der Waals surface area contributed by atoms with E-state index in [1.807, 2.05) is 0 Å². The number of hydrogen-bond acceptors (Lipinski definition) is 2. The Kier molecular flexibility index (Phi) is 4.15. The lowest BCUT2D eigenvalue weighted by atomic mass is 9.72. The summed E-state index contributed by atoms with van der Waals surface area (Å²) in [6, 6.07) is 9.27. The fourth-order valence-corrected chi connectivity index (χ4v) is 3.13. The quantitative estimate of drug-likeness (QED) is 0.769. The summed E-state index contributed by atoms with van der Waals surface area (Å²) >= 11 is 0. The Labute approximate surface area is 124 Å². The van der Waals surface area contributed by atoms with Gasteiger partial charge in [0.25, 0.3) is 0 Å². The largest absolute Gasteiger partial charge is 0.267 e. The molecule has 1 saturated heterocycles. The number of hydrogen-bond donors (Lipinski definition) is 0. The van der Waals surface area contributed by atoms with Crippen molar-refractivity contribution >= 4 is 5.69 Å². The molecule has 20 heavy (non-hydrogen) atoms. The number of hydroxylamine groups is 1. The average molecular weight is 275 g/mol. The zero-order valence-corrected chi connectivity index (χ0v) is 13.9. The predicted octanol–water partition coefficient (Wildman–Crippen LogP) is 4.97. The fourth-order valence-electron chi connectivity index (χ4n) is 3.13. The first kappa shape index (κ1) is 15.4. The predicted molar refractivity (Wildman–Crippen MR) is 85.9 cm³/mol. The molecule has 0 saturated carbocycles. The summed E-state index contributed by atoms with van der Waals surface area (Å²) in [5.74, 6) is 0. The van der Waals surface area contributed by atoms with Gasteiger partial charge in [0.15, 0.2) is 0 Å².